The topological polar surface area (TPSA) is 0 Å². The lowest BCUT2D eigenvalue weighted by Gasteiger charge is -2.38. The van der Waals surface area contributed by atoms with Crippen molar-refractivity contribution in [2.75, 3.05) is 0 Å². The molecule has 0 spiro atoms. The monoisotopic (exact) mass is 389 g/mol. The first-order valence-electron chi connectivity index (χ1n) is 12.3. The van der Waals surface area contributed by atoms with Gasteiger partial charge in [0.2, 0.25) is 0 Å². The highest BCUT2D eigenvalue weighted by Crippen LogP contribution is 2.55. The van der Waals surface area contributed by atoms with Crippen molar-refractivity contribution in [3.05, 3.63) is 59.7 Å². The molecule has 0 heterocycles. The second-order valence-corrected chi connectivity index (χ2v) is 9.34. The molecule has 1 radical (unpaired) electrons. The Balaban J connectivity index is 2.07. The van der Waals surface area contributed by atoms with E-state index in [4.69, 9.17) is 0 Å². The van der Waals surface area contributed by atoms with Crippen LogP contribution in [0.4, 0.5) is 0 Å². The predicted molar refractivity (Wildman–Crippen MR) is 127 cm³/mol. The third-order valence-electron chi connectivity index (χ3n) is 7.47. The standard InChI is InChI=1S/C29H41/c1-5-9-15-23(7-3)21-29(22-24(8-4)16-10-6-2)27-19-13-11-17-25(27)26-18-12-14-20-28(26)29/h11-13,17-20,23-24H,5-10,15-16,21-22H2,1-4H3. The van der Waals surface area contributed by atoms with Gasteiger partial charge in [-0.05, 0) is 59.1 Å². The maximum absolute atomic E-state index is 3.45. The molecule has 0 saturated carbocycles. The molecular formula is C29H41. The first-order valence-corrected chi connectivity index (χ1v) is 12.3. The van der Waals surface area contributed by atoms with Gasteiger partial charge in [0.1, 0.15) is 0 Å². The van der Waals surface area contributed by atoms with E-state index < -0.39 is 0 Å². The zero-order chi connectivity index (χ0) is 20.7. The summed E-state index contributed by atoms with van der Waals surface area (Å²) in [5.41, 5.74) is 6.28. The molecule has 0 saturated heterocycles. The largest absolute Gasteiger partial charge is 0.0654 e. The number of hydrogen-bond acceptors (Lipinski definition) is 0. The number of rotatable bonds is 12. The molecule has 2 aromatic rings. The Morgan fingerprint density at radius 2 is 1.34 bits per heavy atom. The summed E-state index contributed by atoms with van der Waals surface area (Å²) in [6, 6.07) is 19.5. The molecule has 157 valence electrons. The van der Waals surface area contributed by atoms with Crippen LogP contribution in [0.3, 0.4) is 0 Å². The van der Waals surface area contributed by atoms with Crippen molar-refractivity contribution in [3.8, 4) is 11.1 Å². The zero-order valence-electron chi connectivity index (χ0n) is 19.3. The molecule has 0 N–H and O–H groups in total. The summed E-state index contributed by atoms with van der Waals surface area (Å²) in [7, 11) is 0. The van der Waals surface area contributed by atoms with Crippen LogP contribution in [0.2, 0.25) is 0 Å². The average molecular weight is 390 g/mol. The van der Waals surface area contributed by atoms with Gasteiger partial charge in [0.15, 0.2) is 0 Å². The molecule has 0 heteroatoms. The molecule has 0 aromatic heterocycles. The Bertz CT molecular complexity index is 691. The van der Waals surface area contributed by atoms with Gasteiger partial charge in [-0.25, -0.2) is 0 Å². The highest BCUT2D eigenvalue weighted by atomic mass is 14.5. The lowest BCUT2D eigenvalue weighted by atomic mass is 9.65. The molecule has 0 amide bonds. The smallest absolute Gasteiger partial charge is 0.0220 e. The van der Waals surface area contributed by atoms with Gasteiger partial charge in [-0.1, -0.05) is 115 Å². The molecule has 29 heavy (non-hydrogen) atoms. The van der Waals surface area contributed by atoms with Crippen LogP contribution in [0.25, 0.3) is 11.1 Å². The Labute approximate surface area is 180 Å². The van der Waals surface area contributed by atoms with Gasteiger partial charge < -0.3 is 0 Å². The molecule has 0 fully saturated rings. The van der Waals surface area contributed by atoms with Crippen LogP contribution >= 0.6 is 0 Å². The molecular weight excluding hydrogens is 348 g/mol. The van der Waals surface area contributed by atoms with Crippen molar-refractivity contribution in [3.63, 3.8) is 0 Å². The third-order valence-corrected chi connectivity index (χ3v) is 7.47. The fraction of sp³-hybridized carbons (Fsp3) is 0.586. The Hall–Kier alpha value is -1.56. The Morgan fingerprint density at radius 3 is 1.93 bits per heavy atom. The van der Waals surface area contributed by atoms with Crippen molar-refractivity contribution in [1.82, 2.24) is 0 Å². The van der Waals surface area contributed by atoms with E-state index >= 15 is 0 Å². The minimum atomic E-state index is 0.173. The maximum atomic E-state index is 3.45. The second-order valence-electron chi connectivity index (χ2n) is 9.34. The first kappa shape index (κ1) is 22.1. The lowest BCUT2D eigenvalue weighted by molar-refractivity contribution is 0.266. The van der Waals surface area contributed by atoms with E-state index in [-0.39, 0.29) is 5.41 Å². The summed E-state index contributed by atoms with van der Waals surface area (Å²) in [4.78, 5) is 0. The summed E-state index contributed by atoms with van der Waals surface area (Å²) in [5.74, 6) is 1.61. The summed E-state index contributed by atoms with van der Waals surface area (Å²) >= 11 is 0. The van der Waals surface area contributed by atoms with Crippen LogP contribution in [0.15, 0.2) is 42.5 Å². The predicted octanol–water partition coefficient (Wildman–Crippen LogP) is 8.97. The molecule has 1 aliphatic carbocycles. The Kier molecular flexibility index (Phi) is 7.99. The van der Waals surface area contributed by atoms with Crippen molar-refractivity contribution < 1.29 is 0 Å². The second kappa shape index (κ2) is 10.5. The van der Waals surface area contributed by atoms with Crippen molar-refractivity contribution in [2.24, 2.45) is 11.8 Å². The van der Waals surface area contributed by atoms with Crippen LogP contribution in [-0.2, 0) is 5.41 Å². The van der Waals surface area contributed by atoms with Gasteiger partial charge >= 0.3 is 0 Å². The van der Waals surface area contributed by atoms with Gasteiger partial charge in [-0.2, -0.15) is 0 Å². The van der Waals surface area contributed by atoms with Crippen molar-refractivity contribution in [1.29, 1.82) is 0 Å². The zero-order valence-corrected chi connectivity index (χ0v) is 19.3. The van der Waals surface area contributed by atoms with E-state index in [9.17, 15) is 0 Å². The van der Waals surface area contributed by atoms with Crippen LogP contribution in [-0.4, -0.2) is 0 Å². The van der Waals surface area contributed by atoms with Crippen molar-refractivity contribution >= 4 is 0 Å². The van der Waals surface area contributed by atoms with Crippen LogP contribution < -0.4 is 0 Å². The van der Waals surface area contributed by atoms with Crippen molar-refractivity contribution in [2.45, 2.75) is 97.3 Å². The van der Waals surface area contributed by atoms with E-state index in [0.29, 0.717) is 0 Å². The molecule has 2 unspecified atom stereocenters. The van der Waals surface area contributed by atoms with Gasteiger partial charge in [0.25, 0.3) is 0 Å². The van der Waals surface area contributed by atoms with E-state index in [1.165, 1.54) is 75.3 Å². The van der Waals surface area contributed by atoms with Gasteiger partial charge in [0.05, 0.1) is 0 Å². The van der Waals surface area contributed by atoms with E-state index in [0.717, 1.165) is 11.8 Å². The molecule has 1 aliphatic rings. The number of hydrogen-bond donors (Lipinski definition) is 0. The molecule has 0 bridgehead atoms. The SMILES string of the molecule is CCCCC(CC)CC1(CC(CC)CCCC)c2c[c]ccc2-c2ccccc21. The highest BCUT2D eigenvalue weighted by Gasteiger charge is 2.44. The molecule has 0 aliphatic heterocycles. The molecule has 2 aromatic carbocycles. The third kappa shape index (κ3) is 4.62. The quantitative estimate of drug-likeness (QED) is 0.340. The fourth-order valence-corrected chi connectivity index (χ4v) is 5.74. The van der Waals surface area contributed by atoms with Gasteiger partial charge in [-0.3, -0.25) is 0 Å². The number of fused-ring (bicyclic) bond motifs is 3. The van der Waals surface area contributed by atoms with Gasteiger partial charge in [-0.15, -0.1) is 0 Å². The lowest BCUT2D eigenvalue weighted by Crippen LogP contribution is -2.31. The average Bonchev–Trinajstić information content (AvgIpc) is 3.04. The van der Waals surface area contributed by atoms with Gasteiger partial charge in [0, 0.05) is 5.41 Å². The molecule has 0 nitrogen and oxygen atoms in total. The number of unbranched alkanes of at least 4 members (excludes halogenated alkanes) is 2. The van der Waals surface area contributed by atoms with Crippen LogP contribution in [0.1, 0.15) is 103 Å². The van der Waals surface area contributed by atoms with Crippen LogP contribution in [0, 0.1) is 17.9 Å². The summed E-state index contributed by atoms with van der Waals surface area (Å²) in [6.07, 6.45) is 13.2. The van der Waals surface area contributed by atoms with E-state index in [1.54, 1.807) is 11.1 Å². The molecule has 2 atom stereocenters. The highest BCUT2D eigenvalue weighted by molar-refractivity contribution is 5.80. The Morgan fingerprint density at radius 1 is 0.759 bits per heavy atom. The van der Waals surface area contributed by atoms with E-state index in [1.807, 2.05) is 0 Å². The summed E-state index contributed by atoms with van der Waals surface area (Å²) in [6.45, 7) is 9.47. The fourth-order valence-electron chi connectivity index (χ4n) is 5.74. The van der Waals surface area contributed by atoms with Crippen LogP contribution in [0.5, 0.6) is 0 Å². The first-order chi connectivity index (χ1) is 14.2. The maximum Gasteiger partial charge on any atom is 0.0220 e. The molecule has 3 rings (SSSR count). The summed E-state index contributed by atoms with van der Waals surface area (Å²) < 4.78 is 0. The van der Waals surface area contributed by atoms with E-state index in [2.05, 4.69) is 76.2 Å². The minimum absolute atomic E-state index is 0.173. The normalized spacial score (nSPS) is 16.3. The summed E-state index contributed by atoms with van der Waals surface area (Å²) in [5, 5.41) is 0. The minimum Gasteiger partial charge on any atom is -0.0654 e. The number of benzene rings is 2.